The van der Waals surface area contributed by atoms with E-state index >= 15 is 0 Å². The molecule has 2 aromatic carbocycles. The molecule has 0 unspecified atom stereocenters. The van der Waals surface area contributed by atoms with Gasteiger partial charge in [-0.25, -0.2) is 4.79 Å². The van der Waals surface area contributed by atoms with Crippen LogP contribution < -0.4 is 15.5 Å². The first-order chi connectivity index (χ1) is 15.6. The molecule has 2 N–H and O–H groups in total. The molecule has 1 heterocycles. The Labute approximate surface area is 191 Å². The van der Waals surface area contributed by atoms with Gasteiger partial charge in [0.15, 0.2) is 0 Å². The molecule has 3 amide bonds. The topological polar surface area (TPSA) is 64.7 Å². The standard InChI is InChI=1S/C26H34N4O2/c1-20-6-5-7-21(18-20)19-25(31)30-16-14-29(15-17-30)24-12-10-23(11-13-24)28-26(32)27-22-8-3-2-4-9-22/h5-7,10-13,18,22H,2-4,8-9,14-17,19H2,1H3,(H2,27,28,32). The first-order valence-electron chi connectivity index (χ1n) is 11.8. The molecule has 6 nitrogen and oxygen atoms in total. The van der Waals surface area contributed by atoms with Crippen LogP contribution in [0, 0.1) is 6.92 Å². The molecule has 1 aliphatic carbocycles. The van der Waals surface area contributed by atoms with Crippen molar-refractivity contribution in [3.05, 3.63) is 59.7 Å². The average molecular weight is 435 g/mol. The van der Waals surface area contributed by atoms with Crippen molar-refractivity contribution >= 4 is 23.3 Å². The van der Waals surface area contributed by atoms with E-state index in [2.05, 4.69) is 34.6 Å². The molecule has 2 aromatic rings. The number of hydrogen-bond donors (Lipinski definition) is 2. The molecule has 2 fully saturated rings. The summed E-state index contributed by atoms with van der Waals surface area (Å²) in [6.07, 6.45) is 6.29. The number of urea groups is 1. The van der Waals surface area contributed by atoms with Crippen molar-refractivity contribution in [3.63, 3.8) is 0 Å². The summed E-state index contributed by atoms with van der Waals surface area (Å²) in [6, 6.07) is 16.3. The van der Waals surface area contributed by atoms with E-state index in [1.807, 2.05) is 41.3 Å². The number of anilines is 2. The van der Waals surface area contributed by atoms with Crippen LogP contribution in [-0.4, -0.2) is 49.1 Å². The molecule has 32 heavy (non-hydrogen) atoms. The molecule has 1 saturated carbocycles. The summed E-state index contributed by atoms with van der Waals surface area (Å²) in [6.45, 7) is 5.14. The summed E-state index contributed by atoms with van der Waals surface area (Å²) >= 11 is 0. The quantitative estimate of drug-likeness (QED) is 0.736. The lowest BCUT2D eigenvalue weighted by Gasteiger charge is -2.36. The molecular formula is C26H34N4O2. The highest BCUT2D eigenvalue weighted by Gasteiger charge is 2.21. The number of aryl methyl sites for hydroxylation is 1. The fourth-order valence-corrected chi connectivity index (χ4v) is 4.68. The molecule has 170 valence electrons. The Morgan fingerprint density at radius 2 is 1.66 bits per heavy atom. The maximum atomic E-state index is 12.7. The van der Waals surface area contributed by atoms with Crippen LogP contribution in [0.4, 0.5) is 16.2 Å². The normalized spacial score (nSPS) is 17.2. The molecule has 1 saturated heterocycles. The average Bonchev–Trinajstić information content (AvgIpc) is 2.80. The van der Waals surface area contributed by atoms with Crippen molar-refractivity contribution < 1.29 is 9.59 Å². The number of hydrogen-bond acceptors (Lipinski definition) is 3. The predicted octanol–water partition coefficient (Wildman–Crippen LogP) is 4.34. The summed E-state index contributed by atoms with van der Waals surface area (Å²) in [7, 11) is 0. The molecule has 4 rings (SSSR count). The van der Waals surface area contributed by atoms with Gasteiger partial charge in [0.25, 0.3) is 0 Å². The van der Waals surface area contributed by atoms with Crippen molar-refractivity contribution in [2.45, 2.75) is 51.5 Å². The van der Waals surface area contributed by atoms with Crippen LogP contribution in [0.5, 0.6) is 0 Å². The number of benzene rings is 2. The zero-order chi connectivity index (χ0) is 22.3. The molecule has 1 aliphatic heterocycles. The minimum Gasteiger partial charge on any atom is -0.368 e. The monoisotopic (exact) mass is 434 g/mol. The van der Waals surface area contributed by atoms with Crippen LogP contribution in [0.1, 0.15) is 43.2 Å². The molecule has 0 aromatic heterocycles. The fourth-order valence-electron chi connectivity index (χ4n) is 4.68. The molecule has 0 atom stereocenters. The minimum atomic E-state index is -0.120. The highest BCUT2D eigenvalue weighted by Crippen LogP contribution is 2.21. The van der Waals surface area contributed by atoms with Gasteiger partial charge in [-0.3, -0.25) is 4.79 Å². The Hall–Kier alpha value is -3.02. The van der Waals surface area contributed by atoms with Crippen LogP contribution in [-0.2, 0) is 11.2 Å². The van der Waals surface area contributed by atoms with Gasteiger partial charge in [0.05, 0.1) is 6.42 Å². The van der Waals surface area contributed by atoms with Gasteiger partial charge in [0, 0.05) is 43.6 Å². The Kier molecular flexibility index (Phi) is 7.30. The largest absolute Gasteiger partial charge is 0.368 e. The van der Waals surface area contributed by atoms with Crippen LogP contribution in [0.3, 0.4) is 0 Å². The SMILES string of the molecule is Cc1cccc(CC(=O)N2CCN(c3ccc(NC(=O)NC4CCCCC4)cc3)CC2)c1. The van der Waals surface area contributed by atoms with Gasteiger partial charge in [-0.1, -0.05) is 49.1 Å². The molecule has 6 heteroatoms. The Balaban J connectivity index is 1.23. The molecule has 0 spiro atoms. The lowest BCUT2D eigenvalue weighted by atomic mass is 9.96. The third-order valence-electron chi connectivity index (χ3n) is 6.50. The highest BCUT2D eigenvalue weighted by molar-refractivity contribution is 5.89. The van der Waals surface area contributed by atoms with E-state index in [-0.39, 0.29) is 11.9 Å². The number of nitrogens with one attached hydrogen (secondary N) is 2. The first kappa shape index (κ1) is 22.2. The second kappa shape index (κ2) is 10.5. The summed E-state index contributed by atoms with van der Waals surface area (Å²) in [5.74, 6) is 0.193. The van der Waals surface area contributed by atoms with E-state index in [0.29, 0.717) is 12.5 Å². The van der Waals surface area contributed by atoms with Gasteiger partial charge in [0.2, 0.25) is 5.91 Å². The van der Waals surface area contributed by atoms with E-state index in [1.54, 1.807) is 0 Å². The van der Waals surface area contributed by atoms with Gasteiger partial charge in [-0.05, 0) is 49.6 Å². The van der Waals surface area contributed by atoms with E-state index in [4.69, 9.17) is 0 Å². The maximum Gasteiger partial charge on any atom is 0.319 e. The Morgan fingerprint density at radius 3 is 2.34 bits per heavy atom. The van der Waals surface area contributed by atoms with Crippen molar-refractivity contribution in [1.82, 2.24) is 10.2 Å². The smallest absolute Gasteiger partial charge is 0.319 e. The number of rotatable bonds is 5. The Morgan fingerprint density at radius 1 is 0.938 bits per heavy atom. The van der Waals surface area contributed by atoms with Crippen molar-refractivity contribution in [2.24, 2.45) is 0 Å². The minimum absolute atomic E-state index is 0.120. The maximum absolute atomic E-state index is 12.7. The Bertz CT molecular complexity index is 914. The van der Waals surface area contributed by atoms with Crippen LogP contribution in [0.15, 0.2) is 48.5 Å². The molecule has 2 aliphatic rings. The summed E-state index contributed by atoms with van der Waals surface area (Å²) in [5, 5.41) is 6.03. The van der Waals surface area contributed by atoms with Gasteiger partial charge < -0.3 is 20.4 Å². The van der Waals surface area contributed by atoms with Gasteiger partial charge in [-0.15, -0.1) is 0 Å². The summed E-state index contributed by atoms with van der Waals surface area (Å²) in [4.78, 5) is 29.2. The zero-order valence-electron chi connectivity index (χ0n) is 19.0. The third-order valence-corrected chi connectivity index (χ3v) is 6.50. The highest BCUT2D eigenvalue weighted by atomic mass is 16.2. The zero-order valence-corrected chi connectivity index (χ0v) is 19.0. The fraction of sp³-hybridized carbons (Fsp3) is 0.462. The predicted molar refractivity (Wildman–Crippen MR) is 129 cm³/mol. The van der Waals surface area contributed by atoms with Crippen LogP contribution in [0.25, 0.3) is 0 Å². The molecular weight excluding hydrogens is 400 g/mol. The lowest BCUT2D eigenvalue weighted by Crippen LogP contribution is -2.49. The van der Waals surface area contributed by atoms with E-state index in [9.17, 15) is 9.59 Å². The van der Waals surface area contributed by atoms with Crippen molar-refractivity contribution in [3.8, 4) is 0 Å². The third kappa shape index (κ3) is 6.02. The van der Waals surface area contributed by atoms with E-state index in [0.717, 1.165) is 56.0 Å². The van der Waals surface area contributed by atoms with E-state index < -0.39 is 0 Å². The summed E-state index contributed by atoms with van der Waals surface area (Å²) in [5.41, 5.74) is 4.18. The number of piperazine rings is 1. The van der Waals surface area contributed by atoms with Crippen LogP contribution in [0.2, 0.25) is 0 Å². The lowest BCUT2D eigenvalue weighted by molar-refractivity contribution is -0.130. The van der Waals surface area contributed by atoms with Gasteiger partial charge in [-0.2, -0.15) is 0 Å². The number of carbonyl (C=O) groups is 2. The molecule has 0 bridgehead atoms. The number of carbonyl (C=O) groups excluding carboxylic acids is 2. The van der Waals surface area contributed by atoms with Crippen LogP contribution >= 0.6 is 0 Å². The first-order valence-corrected chi connectivity index (χ1v) is 11.8. The van der Waals surface area contributed by atoms with Gasteiger partial charge >= 0.3 is 6.03 Å². The van der Waals surface area contributed by atoms with Crippen molar-refractivity contribution in [2.75, 3.05) is 36.4 Å². The molecule has 0 radical (unpaired) electrons. The number of amides is 3. The summed E-state index contributed by atoms with van der Waals surface area (Å²) < 4.78 is 0. The van der Waals surface area contributed by atoms with Crippen molar-refractivity contribution in [1.29, 1.82) is 0 Å². The van der Waals surface area contributed by atoms with Gasteiger partial charge in [0.1, 0.15) is 0 Å². The number of nitrogens with zero attached hydrogens (tertiary/aromatic N) is 2. The second-order valence-corrected chi connectivity index (χ2v) is 9.01. The van der Waals surface area contributed by atoms with E-state index in [1.165, 1.54) is 24.8 Å². The second-order valence-electron chi connectivity index (χ2n) is 9.01.